The number of carbonyl (C=O) groups excluding carboxylic acids is 1. The molecule has 0 saturated carbocycles. The molecule has 156 valence electrons. The Morgan fingerprint density at radius 3 is 2.84 bits per heavy atom. The molecular formula is C23H21FN6O. The van der Waals surface area contributed by atoms with Gasteiger partial charge in [-0.05, 0) is 44.9 Å². The van der Waals surface area contributed by atoms with Crippen LogP contribution in [0.5, 0.6) is 0 Å². The van der Waals surface area contributed by atoms with Crippen LogP contribution in [-0.4, -0.2) is 32.8 Å². The number of amides is 1. The number of fused-ring (bicyclic) bond motifs is 1. The second kappa shape index (κ2) is 6.91. The van der Waals surface area contributed by atoms with E-state index in [0.29, 0.717) is 22.6 Å². The molecule has 1 fully saturated rings. The fourth-order valence-electron chi connectivity index (χ4n) is 4.52. The first-order valence-corrected chi connectivity index (χ1v) is 10.2. The summed E-state index contributed by atoms with van der Waals surface area (Å²) in [6, 6.07) is 9.94. The van der Waals surface area contributed by atoms with E-state index in [1.165, 1.54) is 12.1 Å². The number of hydrogen-bond donors (Lipinski definition) is 1. The molecule has 1 aromatic carbocycles. The van der Waals surface area contributed by atoms with Crippen molar-refractivity contribution in [3.8, 4) is 23.0 Å². The maximum Gasteiger partial charge on any atom is 0.255 e. The lowest BCUT2D eigenvalue weighted by Gasteiger charge is -2.31. The zero-order valence-corrected chi connectivity index (χ0v) is 17.3. The lowest BCUT2D eigenvalue weighted by Crippen LogP contribution is -2.38. The number of carbonyl (C=O) groups is 1. The molecule has 31 heavy (non-hydrogen) atoms. The number of nitrogens with zero attached hydrogens (tertiary/aromatic N) is 5. The molecule has 1 N–H and O–H groups in total. The van der Waals surface area contributed by atoms with Crippen LogP contribution in [0.25, 0.3) is 16.9 Å². The molecule has 0 bridgehead atoms. The number of nitrogens with one attached hydrogen (secondary N) is 1. The van der Waals surface area contributed by atoms with E-state index in [4.69, 9.17) is 5.10 Å². The minimum absolute atomic E-state index is 0.0107. The Labute approximate surface area is 179 Å². The number of nitriles is 1. The summed E-state index contributed by atoms with van der Waals surface area (Å²) < 4.78 is 16.3. The second-order valence-electron chi connectivity index (χ2n) is 8.49. The van der Waals surface area contributed by atoms with Crippen molar-refractivity contribution in [1.82, 2.24) is 20.1 Å². The van der Waals surface area contributed by atoms with Crippen LogP contribution in [-0.2, 0) is 6.54 Å². The molecule has 1 saturated heterocycles. The van der Waals surface area contributed by atoms with E-state index in [2.05, 4.69) is 29.0 Å². The summed E-state index contributed by atoms with van der Waals surface area (Å²) in [7, 11) is 0. The van der Waals surface area contributed by atoms with Gasteiger partial charge in [-0.15, -0.1) is 0 Å². The molecule has 0 spiro atoms. The van der Waals surface area contributed by atoms with Gasteiger partial charge in [0.05, 0.1) is 46.4 Å². The maximum absolute atomic E-state index is 14.7. The van der Waals surface area contributed by atoms with Gasteiger partial charge >= 0.3 is 0 Å². The molecule has 3 aromatic rings. The number of benzene rings is 1. The highest BCUT2D eigenvalue weighted by atomic mass is 19.1. The summed E-state index contributed by atoms with van der Waals surface area (Å²) in [6.07, 6.45) is 3.99. The fraction of sp³-hybridized carbons (Fsp3) is 0.304. The van der Waals surface area contributed by atoms with Gasteiger partial charge < -0.3 is 10.2 Å². The van der Waals surface area contributed by atoms with Gasteiger partial charge in [-0.1, -0.05) is 6.07 Å². The van der Waals surface area contributed by atoms with Gasteiger partial charge in [0.1, 0.15) is 5.82 Å². The first-order valence-electron chi connectivity index (χ1n) is 10.2. The second-order valence-corrected chi connectivity index (χ2v) is 8.49. The lowest BCUT2D eigenvalue weighted by molar-refractivity contribution is 0.0965. The van der Waals surface area contributed by atoms with E-state index in [0.717, 1.165) is 25.2 Å². The molecule has 8 heteroatoms. The summed E-state index contributed by atoms with van der Waals surface area (Å²) in [6.45, 7) is 5.55. The first-order chi connectivity index (χ1) is 14.9. The van der Waals surface area contributed by atoms with E-state index in [9.17, 15) is 14.4 Å². The van der Waals surface area contributed by atoms with Crippen LogP contribution < -0.4 is 10.2 Å². The van der Waals surface area contributed by atoms with Crippen molar-refractivity contribution < 1.29 is 9.18 Å². The quantitative estimate of drug-likeness (QED) is 0.705. The highest BCUT2D eigenvalue weighted by molar-refractivity contribution is 6.01. The van der Waals surface area contributed by atoms with Crippen molar-refractivity contribution in [2.24, 2.45) is 0 Å². The van der Waals surface area contributed by atoms with Crippen molar-refractivity contribution in [2.45, 2.75) is 38.8 Å². The topological polar surface area (TPSA) is 86.8 Å². The molecule has 0 atom stereocenters. The van der Waals surface area contributed by atoms with E-state index >= 15 is 0 Å². The third kappa shape index (κ3) is 3.05. The largest absolute Gasteiger partial charge is 0.350 e. The predicted octanol–water partition coefficient (Wildman–Crippen LogP) is 3.57. The predicted molar refractivity (Wildman–Crippen MR) is 113 cm³/mol. The van der Waals surface area contributed by atoms with Crippen LogP contribution >= 0.6 is 0 Å². The van der Waals surface area contributed by atoms with E-state index in [1.807, 2.05) is 12.1 Å². The monoisotopic (exact) mass is 416 g/mol. The van der Waals surface area contributed by atoms with Crippen LogP contribution in [0.2, 0.25) is 0 Å². The molecule has 4 heterocycles. The minimum Gasteiger partial charge on any atom is -0.350 e. The SMILES string of the molecule is CC1(C)CCCN1c1ccn(-c2cc(-c3c(F)cccc3C#N)nc3c2C(=O)NC3)n1. The first kappa shape index (κ1) is 19.2. The molecule has 7 nitrogen and oxygen atoms in total. The molecule has 0 radical (unpaired) electrons. The molecule has 5 rings (SSSR count). The zero-order chi connectivity index (χ0) is 21.8. The van der Waals surface area contributed by atoms with Gasteiger partial charge in [0.25, 0.3) is 5.91 Å². The van der Waals surface area contributed by atoms with E-state index < -0.39 is 5.82 Å². The molecule has 2 aromatic heterocycles. The van der Waals surface area contributed by atoms with E-state index in [1.54, 1.807) is 23.0 Å². The smallest absolute Gasteiger partial charge is 0.255 e. The van der Waals surface area contributed by atoms with Crippen LogP contribution in [0.4, 0.5) is 10.2 Å². The number of anilines is 1. The molecule has 1 amide bonds. The number of hydrogen-bond acceptors (Lipinski definition) is 5. The summed E-state index contributed by atoms with van der Waals surface area (Å²) in [5.41, 5.74) is 2.09. The number of halogens is 1. The summed E-state index contributed by atoms with van der Waals surface area (Å²) >= 11 is 0. The third-order valence-corrected chi connectivity index (χ3v) is 6.11. The van der Waals surface area contributed by atoms with Crippen molar-refractivity contribution in [2.75, 3.05) is 11.4 Å². The van der Waals surface area contributed by atoms with Crippen molar-refractivity contribution in [1.29, 1.82) is 5.26 Å². The summed E-state index contributed by atoms with van der Waals surface area (Å²) in [5, 5.41) is 17.0. The highest BCUT2D eigenvalue weighted by Crippen LogP contribution is 2.34. The van der Waals surface area contributed by atoms with Crippen molar-refractivity contribution in [3.05, 3.63) is 59.2 Å². The van der Waals surface area contributed by atoms with Gasteiger partial charge in [-0.3, -0.25) is 4.79 Å². The maximum atomic E-state index is 14.7. The van der Waals surface area contributed by atoms with Gasteiger partial charge in [0.15, 0.2) is 5.82 Å². The Hall–Kier alpha value is -3.73. The average molecular weight is 416 g/mol. The average Bonchev–Trinajstić information content (AvgIpc) is 3.45. The Balaban J connectivity index is 1.67. The highest BCUT2D eigenvalue weighted by Gasteiger charge is 2.34. The summed E-state index contributed by atoms with van der Waals surface area (Å²) in [4.78, 5) is 19.3. The molecule has 0 unspecified atom stereocenters. The number of aromatic nitrogens is 3. The van der Waals surface area contributed by atoms with Gasteiger partial charge in [0, 0.05) is 24.3 Å². The fourth-order valence-corrected chi connectivity index (χ4v) is 4.52. The van der Waals surface area contributed by atoms with Crippen molar-refractivity contribution >= 4 is 11.7 Å². The standard InChI is InChI=1S/C23H21FN6O/c1-23(2)8-4-9-29(23)19-7-10-30(28-19)18-11-16(27-17-13-26-22(31)21(17)18)20-14(12-25)5-3-6-15(20)24/h3,5-7,10-11H,4,8-9,13H2,1-2H3,(H,26,31). The van der Waals surface area contributed by atoms with Crippen LogP contribution in [0, 0.1) is 17.1 Å². The Morgan fingerprint density at radius 2 is 2.10 bits per heavy atom. The minimum atomic E-state index is -0.533. The van der Waals surface area contributed by atoms with Gasteiger partial charge in [0.2, 0.25) is 0 Å². The molecule has 2 aliphatic rings. The number of rotatable bonds is 3. The number of pyridine rings is 1. The molecule has 0 aliphatic carbocycles. The van der Waals surface area contributed by atoms with E-state index in [-0.39, 0.29) is 29.1 Å². The van der Waals surface area contributed by atoms with Crippen molar-refractivity contribution in [3.63, 3.8) is 0 Å². The van der Waals surface area contributed by atoms with Crippen LogP contribution in [0.1, 0.15) is 48.3 Å². The molecule has 2 aliphatic heterocycles. The molecular weight excluding hydrogens is 395 g/mol. The Morgan fingerprint density at radius 1 is 1.26 bits per heavy atom. The normalized spacial score (nSPS) is 16.8. The Kier molecular flexibility index (Phi) is 4.29. The van der Waals surface area contributed by atoms with Gasteiger partial charge in [-0.25, -0.2) is 14.1 Å². The van der Waals surface area contributed by atoms with Crippen LogP contribution in [0.3, 0.4) is 0 Å². The summed E-state index contributed by atoms with van der Waals surface area (Å²) in [5.74, 6) is 0.0583. The zero-order valence-electron chi connectivity index (χ0n) is 17.3. The van der Waals surface area contributed by atoms with Gasteiger partial charge in [-0.2, -0.15) is 10.4 Å². The Bertz CT molecular complexity index is 1260. The third-order valence-electron chi connectivity index (χ3n) is 6.11. The lowest BCUT2D eigenvalue weighted by atomic mass is 10.0. The van der Waals surface area contributed by atoms with Crippen LogP contribution in [0.15, 0.2) is 36.5 Å².